The first-order valence-electron chi connectivity index (χ1n) is 8.50. The highest BCUT2D eigenvalue weighted by atomic mass is 32.2. The van der Waals surface area contributed by atoms with Crippen molar-refractivity contribution >= 4 is 21.7 Å². The first-order chi connectivity index (χ1) is 12.8. The molecule has 0 saturated carbocycles. The molecule has 0 unspecified atom stereocenters. The third-order valence-corrected chi connectivity index (χ3v) is 5.22. The molecule has 3 aromatic rings. The van der Waals surface area contributed by atoms with E-state index in [1.807, 2.05) is 39.0 Å². The van der Waals surface area contributed by atoms with Crippen molar-refractivity contribution in [2.45, 2.75) is 31.1 Å². The molecule has 1 heterocycles. The molecule has 6 nitrogen and oxygen atoms in total. The third-order valence-electron chi connectivity index (χ3n) is 3.85. The lowest BCUT2D eigenvalue weighted by molar-refractivity contribution is -0.266. The second kappa shape index (κ2) is 7.36. The van der Waals surface area contributed by atoms with Gasteiger partial charge >= 0.3 is 10.0 Å². The number of benzene rings is 2. The molecule has 27 heavy (non-hydrogen) atoms. The minimum Gasteiger partial charge on any atom is -0.357 e. The normalized spacial score (nSPS) is 12.8. The Bertz CT molecular complexity index is 1030. The first-order valence-corrected chi connectivity index (χ1v) is 9.98. The van der Waals surface area contributed by atoms with E-state index in [2.05, 4.69) is 14.9 Å². The van der Waals surface area contributed by atoms with Crippen molar-refractivity contribution in [3.63, 3.8) is 0 Å². The summed E-state index contributed by atoms with van der Waals surface area (Å²) < 4.78 is 33.5. The van der Waals surface area contributed by atoms with Gasteiger partial charge in [-0.1, -0.05) is 57.2 Å². The molecular formula is C20H22N3O3S+. The van der Waals surface area contributed by atoms with Crippen LogP contribution >= 0.6 is 0 Å². The zero-order valence-electron chi connectivity index (χ0n) is 15.4. The third kappa shape index (κ3) is 4.62. The molecule has 0 saturated heterocycles. The van der Waals surface area contributed by atoms with Gasteiger partial charge in [-0.05, 0) is 29.4 Å². The minimum atomic E-state index is -3.76. The molecule has 0 radical (unpaired) electrons. The fourth-order valence-corrected chi connectivity index (χ4v) is 3.44. The Hall–Kier alpha value is -2.93. The van der Waals surface area contributed by atoms with E-state index in [-0.39, 0.29) is 10.3 Å². The van der Waals surface area contributed by atoms with Gasteiger partial charge < -0.3 is 4.52 Å². The van der Waals surface area contributed by atoms with Gasteiger partial charge in [-0.3, -0.25) is 0 Å². The van der Waals surface area contributed by atoms with Gasteiger partial charge in [-0.15, -0.1) is 0 Å². The lowest BCUT2D eigenvalue weighted by Gasteiger charge is -2.11. The number of nitrogens with one attached hydrogen (secondary N) is 2. The van der Waals surface area contributed by atoms with Crippen LogP contribution in [-0.2, 0) is 15.4 Å². The number of anilines is 1. The molecule has 2 aromatic carbocycles. The Morgan fingerprint density at radius 1 is 1.00 bits per heavy atom. The van der Waals surface area contributed by atoms with Gasteiger partial charge in [0.1, 0.15) is 10.7 Å². The summed E-state index contributed by atoms with van der Waals surface area (Å²) in [5.74, 6) is 1.42. The Morgan fingerprint density at radius 3 is 2.15 bits per heavy atom. The summed E-state index contributed by atoms with van der Waals surface area (Å²) in [7, 11) is -3.76. The molecule has 0 aliphatic heterocycles. The van der Waals surface area contributed by atoms with Crippen LogP contribution in [-0.4, -0.2) is 19.4 Å². The average molecular weight is 384 g/mol. The molecule has 0 atom stereocenters. The molecule has 0 amide bonds. The SMILES string of the molecule is CC(C)(C)c1cc(NC(=[NH+]S(=O)(=O)c2ccccc2)c2ccccc2)no1. The highest BCUT2D eigenvalue weighted by Gasteiger charge is 2.24. The van der Waals surface area contributed by atoms with E-state index < -0.39 is 10.0 Å². The Labute approximate surface area is 159 Å². The molecule has 0 spiro atoms. The van der Waals surface area contributed by atoms with Crippen molar-refractivity contribution in [2.24, 2.45) is 0 Å². The van der Waals surface area contributed by atoms with Crippen LogP contribution in [0.25, 0.3) is 0 Å². The number of amidine groups is 1. The molecule has 2 N–H and O–H groups in total. The van der Waals surface area contributed by atoms with Crippen molar-refractivity contribution < 1.29 is 17.3 Å². The van der Waals surface area contributed by atoms with Crippen molar-refractivity contribution in [3.05, 3.63) is 78.1 Å². The zero-order valence-corrected chi connectivity index (χ0v) is 16.2. The Morgan fingerprint density at radius 2 is 1.59 bits per heavy atom. The van der Waals surface area contributed by atoms with Crippen LogP contribution in [0.4, 0.5) is 5.82 Å². The van der Waals surface area contributed by atoms with E-state index in [1.165, 1.54) is 0 Å². The summed E-state index contributed by atoms with van der Waals surface area (Å²) in [4.78, 5) is 0.177. The summed E-state index contributed by atoms with van der Waals surface area (Å²) >= 11 is 0. The highest BCUT2D eigenvalue weighted by Crippen LogP contribution is 2.24. The number of rotatable bonds is 4. The maximum Gasteiger partial charge on any atom is 0.328 e. The predicted octanol–water partition coefficient (Wildman–Crippen LogP) is 2.30. The van der Waals surface area contributed by atoms with E-state index in [0.717, 1.165) is 0 Å². The predicted molar refractivity (Wildman–Crippen MR) is 104 cm³/mol. The molecule has 1 aromatic heterocycles. The monoisotopic (exact) mass is 384 g/mol. The smallest absolute Gasteiger partial charge is 0.328 e. The Balaban J connectivity index is 2.01. The topological polar surface area (TPSA) is 86.2 Å². The lowest BCUT2D eigenvalue weighted by atomic mass is 9.93. The lowest BCUT2D eigenvalue weighted by Crippen LogP contribution is -2.78. The molecule has 3 rings (SSSR count). The maximum absolute atomic E-state index is 12.8. The molecule has 140 valence electrons. The minimum absolute atomic E-state index is 0.177. The van der Waals surface area contributed by atoms with Crippen LogP contribution in [0.3, 0.4) is 0 Å². The summed E-state index contributed by atoms with van der Waals surface area (Å²) in [6, 6.07) is 19.1. The second-order valence-corrected chi connectivity index (χ2v) is 8.79. The van der Waals surface area contributed by atoms with Crippen LogP contribution in [0.5, 0.6) is 0 Å². The largest absolute Gasteiger partial charge is 0.357 e. The summed E-state index contributed by atoms with van der Waals surface area (Å²) in [6.07, 6.45) is 0. The molecule has 0 fully saturated rings. The summed E-state index contributed by atoms with van der Waals surface area (Å²) in [5.41, 5.74) is 0.473. The van der Waals surface area contributed by atoms with E-state index in [1.54, 1.807) is 48.5 Å². The van der Waals surface area contributed by atoms with Gasteiger partial charge in [-0.2, -0.15) is 12.8 Å². The maximum atomic E-state index is 12.8. The first kappa shape index (κ1) is 18.8. The standard InChI is InChI=1S/C20H21N3O3S/c1-20(2,3)17-14-18(22-26-17)21-19(15-10-6-4-7-11-15)23-27(24,25)16-12-8-5-9-13-16/h4-14H,1-3H3,(H,21,22,23)/p+1. The van der Waals surface area contributed by atoms with Gasteiger partial charge in [0.15, 0.2) is 0 Å². The molecule has 7 heteroatoms. The highest BCUT2D eigenvalue weighted by molar-refractivity contribution is 7.84. The number of hydrogen-bond donors (Lipinski definition) is 2. The summed E-state index contributed by atoms with van der Waals surface area (Å²) in [5, 5.41) is 7.04. The van der Waals surface area contributed by atoms with E-state index in [4.69, 9.17) is 4.52 Å². The van der Waals surface area contributed by atoms with Gasteiger partial charge in [-0.25, -0.2) is 5.32 Å². The van der Waals surface area contributed by atoms with Crippen LogP contribution < -0.4 is 9.71 Å². The van der Waals surface area contributed by atoms with E-state index in [0.29, 0.717) is 23.0 Å². The fourth-order valence-electron chi connectivity index (χ4n) is 2.37. The van der Waals surface area contributed by atoms with Gasteiger partial charge in [0.25, 0.3) is 11.7 Å². The number of aromatic nitrogens is 1. The molecule has 0 aliphatic rings. The van der Waals surface area contributed by atoms with Crippen molar-refractivity contribution in [3.8, 4) is 0 Å². The van der Waals surface area contributed by atoms with E-state index >= 15 is 0 Å². The fraction of sp³-hybridized carbons (Fsp3) is 0.200. The van der Waals surface area contributed by atoms with Crippen LogP contribution in [0, 0.1) is 0 Å². The number of sulfonamides is 1. The van der Waals surface area contributed by atoms with Crippen molar-refractivity contribution in [1.29, 1.82) is 0 Å². The van der Waals surface area contributed by atoms with Gasteiger partial charge in [0, 0.05) is 11.5 Å². The summed E-state index contributed by atoms with van der Waals surface area (Å²) in [6.45, 7) is 6.03. The van der Waals surface area contributed by atoms with Crippen LogP contribution in [0.1, 0.15) is 32.1 Å². The molecule has 0 bridgehead atoms. The average Bonchev–Trinajstić information content (AvgIpc) is 3.12. The molecular weight excluding hydrogens is 362 g/mol. The second-order valence-electron chi connectivity index (χ2n) is 7.11. The van der Waals surface area contributed by atoms with Crippen LogP contribution in [0.2, 0.25) is 0 Å². The van der Waals surface area contributed by atoms with Crippen molar-refractivity contribution in [2.75, 3.05) is 5.32 Å². The van der Waals surface area contributed by atoms with Gasteiger partial charge in [0.05, 0.1) is 5.56 Å². The zero-order chi connectivity index (χ0) is 19.5. The quantitative estimate of drug-likeness (QED) is 0.532. The van der Waals surface area contributed by atoms with Crippen LogP contribution in [0.15, 0.2) is 76.1 Å². The van der Waals surface area contributed by atoms with Gasteiger partial charge in [0.2, 0.25) is 0 Å². The molecule has 0 aliphatic carbocycles. The van der Waals surface area contributed by atoms with Crippen molar-refractivity contribution in [1.82, 2.24) is 5.16 Å². The van der Waals surface area contributed by atoms with E-state index in [9.17, 15) is 8.42 Å². The number of hydrogen-bond acceptors (Lipinski definition) is 4. The number of nitrogens with zero attached hydrogens (tertiary/aromatic N) is 1. The Kier molecular flexibility index (Phi) is 5.14.